The van der Waals surface area contributed by atoms with Gasteiger partial charge in [0.05, 0.1) is 11.6 Å². The summed E-state index contributed by atoms with van der Waals surface area (Å²) in [6, 6.07) is 2.97. The maximum Gasteiger partial charge on any atom is 0.573 e. The second-order valence-electron chi connectivity index (χ2n) is 7.14. The smallest absolute Gasteiger partial charge is 0.406 e. The van der Waals surface area contributed by atoms with E-state index >= 15 is 0 Å². The molecule has 0 bridgehead atoms. The van der Waals surface area contributed by atoms with Crippen LogP contribution in [0.2, 0.25) is 5.02 Å². The van der Waals surface area contributed by atoms with Crippen molar-refractivity contribution in [1.82, 2.24) is 15.3 Å². The number of alkyl halides is 3. The molecule has 1 aromatic carbocycles. The third-order valence-corrected chi connectivity index (χ3v) is 4.21. The van der Waals surface area contributed by atoms with Crippen LogP contribution in [0.25, 0.3) is 0 Å². The zero-order valence-corrected chi connectivity index (χ0v) is 17.2. The average molecular weight is 449 g/mol. The van der Waals surface area contributed by atoms with Crippen molar-refractivity contribution >= 4 is 23.5 Å². The Hall–Kier alpha value is -2.79. The highest BCUT2D eigenvalue weighted by atomic mass is 35.5. The number of nitrogens with zero attached hydrogens (tertiary/aromatic N) is 2. The normalized spacial score (nSPS) is 13.0. The molecular formula is C18H20ClF3N4O4. The summed E-state index contributed by atoms with van der Waals surface area (Å²) in [5, 5.41) is 12.9. The van der Waals surface area contributed by atoms with Gasteiger partial charge in [-0.25, -0.2) is 4.98 Å². The van der Waals surface area contributed by atoms with Gasteiger partial charge in [-0.15, -0.1) is 13.2 Å². The first-order valence-electron chi connectivity index (χ1n) is 8.54. The molecule has 164 valence electrons. The fourth-order valence-electron chi connectivity index (χ4n) is 2.55. The number of hydrogen-bond donors (Lipinski definition) is 3. The first-order valence-corrected chi connectivity index (χ1v) is 8.92. The van der Waals surface area contributed by atoms with Gasteiger partial charge >= 0.3 is 6.36 Å². The second kappa shape index (κ2) is 8.52. The number of aliphatic hydroxyl groups is 1. The number of aromatic amines is 1. The number of halogens is 4. The molecule has 1 heterocycles. The molecule has 2 rings (SSSR count). The molecular weight excluding hydrogens is 429 g/mol. The van der Waals surface area contributed by atoms with Crippen molar-refractivity contribution in [3.8, 4) is 5.75 Å². The standard InChI is InChI=1S/C18H20ClF3N4O4/c1-17(2,29)14(10-6-5-9(7-11(10)19)30-18(20,21)22)25-15(28)12-8-13(27)24-16(23-12)26(3)4/h5-8,14,29H,1-4H3,(H,25,28)(H,23,24,27). The zero-order valence-electron chi connectivity index (χ0n) is 16.5. The van der Waals surface area contributed by atoms with E-state index in [2.05, 4.69) is 20.0 Å². The van der Waals surface area contributed by atoms with E-state index < -0.39 is 35.2 Å². The first-order chi connectivity index (χ1) is 13.7. The number of hydrogen-bond acceptors (Lipinski definition) is 6. The molecule has 1 unspecified atom stereocenters. The molecule has 8 nitrogen and oxygen atoms in total. The maximum atomic E-state index is 12.7. The lowest BCUT2D eigenvalue weighted by Gasteiger charge is -2.31. The number of ether oxygens (including phenoxy) is 1. The summed E-state index contributed by atoms with van der Waals surface area (Å²) in [5.41, 5.74) is -2.21. The Morgan fingerprint density at radius 3 is 2.43 bits per heavy atom. The number of rotatable bonds is 6. The van der Waals surface area contributed by atoms with Gasteiger partial charge in [-0.1, -0.05) is 17.7 Å². The van der Waals surface area contributed by atoms with Crippen LogP contribution in [0.3, 0.4) is 0 Å². The van der Waals surface area contributed by atoms with Crippen LogP contribution in [0.4, 0.5) is 19.1 Å². The SMILES string of the molecule is CN(C)c1nc(C(=O)NC(c2ccc(OC(F)(F)F)cc2Cl)C(C)(C)O)cc(=O)[nH]1. The van der Waals surface area contributed by atoms with E-state index in [1.54, 1.807) is 14.1 Å². The molecule has 1 aromatic heterocycles. The minimum Gasteiger partial charge on any atom is -0.406 e. The van der Waals surface area contributed by atoms with Crippen LogP contribution in [0.5, 0.6) is 5.75 Å². The lowest BCUT2D eigenvalue weighted by molar-refractivity contribution is -0.274. The van der Waals surface area contributed by atoms with Gasteiger partial charge in [0.15, 0.2) is 0 Å². The van der Waals surface area contributed by atoms with E-state index in [9.17, 15) is 27.9 Å². The second-order valence-corrected chi connectivity index (χ2v) is 7.55. The number of amides is 1. The Morgan fingerprint density at radius 2 is 1.93 bits per heavy atom. The van der Waals surface area contributed by atoms with Crippen LogP contribution in [0, 0.1) is 0 Å². The fraction of sp³-hybridized carbons (Fsp3) is 0.389. The van der Waals surface area contributed by atoms with E-state index in [1.165, 1.54) is 24.8 Å². The molecule has 0 fully saturated rings. The molecule has 0 aliphatic rings. The van der Waals surface area contributed by atoms with Crippen molar-refractivity contribution in [3.05, 3.63) is 50.9 Å². The molecule has 1 atom stereocenters. The summed E-state index contributed by atoms with van der Waals surface area (Å²) in [5.74, 6) is -1.20. The summed E-state index contributed by atoms with van der Waals surface area (Å²) in [4.78, 5) is 32.5. The van der Waals surface area contributed by atoms with Crippen LogP contribution in [-0.4, -0.2) is 47.0 Å². The quantitative estimate of drug-likeness (QED) is 0.627. The molecule has 30 heavy (non-hydrogen) atoms. The highest BCUT2D eigenvalue weighted by Gasteiger charge is 2.34. The predicted octanol–water partition coefficient (Wildman–Crippen LogP) is 2.63. The van der Waals surface area contributed by atoms with Gasteiger partial charge in [-0.2, -0.15) is 0 Å². The third kappa shape index (κ3) is 6.10. The zero-order chi connectivity index (χ0) is 22.9. The predicted molar refractivity (Wildman–Crippen MR) is 104 cm³/mol. The molecule has 2 aromatic rings. The average Bonchev–Trinajstić information content (AvgIpc) is 2.57. The highest BCUT2D eigenvalue weighted by Crippen LogP contribution is 2.34. The largest absolute Gasteiger partial charge is 0.573 e. The van der Waals surface area contributed by atoms with Gasteiger partial charge in [0.1, 0.15) is 11.4 Å². The molecule has 3 N–H and O–H groups in total. The Bertz CT molecular complexity index is 987. The Balaban J connectivity index is 2.38. The Labute approximate surface area is 174 Å². The van der Waals surface area contributed by atoms with E-state index in [1.807, 2.05) is 0 Å². The van der Waals surface area contributed by atoms with Crippen LogP contribution in [0.15, 0.2) is 29.1 Å². The fourth-order valence-corrected chi connectivity index (χ4v) is 2.83. The summed E-state index contributed by atoms with van der Waals surface area (Å²) in [6.45, 7) is 2.76. The minimum atomic E-state index is -4.90. The number of benzene rings is 1. The topological polar surface area (TPSA) is 108 Å². The van der Waals surface area contributed by atoms with E-state index in [4.69, 9.17) is 11.6 Å². The lowest BCUT2D eigenvalue weighted by atomic mass is 9.91. The minimum absolute atomic E-state index is 0.138. The van der Waals surface area contributed by atoms with Crippen molar-refractivity contribution in [2.75, 3.05) is 19.0 Å². The van der Waals surface area contributed by atoms with Gasteiger partial charge < -0.3 is 20.1 Å². The van der Waals surface area contributed by atoms with Crippen molar-refractivity contribution in [2.45, 2.75) is 31.9 Å². The highest BCUT2D eigenvalue weighted by molar-refractivity contribution is 6.31. The molecule has 0 saturated heterocycles. The summed E-state index contributed by atoms with van der Waals surface area (Å²) < 4.78 is 41.0. The number of carbonyl (C=O) groups excluding carboxylic acids is 1. The number of anilines is 1. The van der Waals surface area contributed by atoms with Crippen LogP contribution in [-0.2, 0) is 0 Å². The molecule has 12 heteroatoms. The molecule has 1 amide bonds. The number of aromatic nitrogens is 2. The summed E-state index contributed by atoms with van der Waals surface area (Å²) in [6.07, 6.45) is -4.90. The van der Waals surface area contributed by atoms with Gasteiger partial charge in [0, 0.05) is 25.2 Å². The van der Waals surface area contributed by atoms with Crippen molar-refractivity contribution in [2.24, 2.45) is 0 Å². The molecule has 0 spiro atoms. The first kappa shape index (κ1) is 23.5. The Morgan fingerprint density at radius 1 is 1.30 bits per heavy atom. The molecule has 0 aliphatic carbocycles. The van der Waals surface area contributed by atoms with Crippen molar-refractivity contribution in [3.63, 3.8) is 0 Å². The van der Waals surface area contributed by atoms with Gasteiger partial charge in [-0.3, -0.25) is 14.6 Å². The lowest BCUT2D eigenvalue weighted by Crippen LogP contribution is -2.43. The van der Waals surface area contributed by atoms with Gasteiger partial charge in [-0.05, 0) is 31.5 Å². The van der Waals surface area contributed by atoms with E-state index in [-0.39, 0.29) is 22.2 Å². The van der Waals surface area contributed by atoms with Crippen molar-refractivity contribution in [1.29, 1.82) is 0 Å². The summed E-state index contributed by atoms with van der Waals surface area (Å²) >= 11 is 6.09. The third-order valence-electron chi connectivity index (χ3n) is 3.88. The van der Waals surface area contributed by atoms with Crippen LogP contribution in [0.1, 0.15) is 35.9 Å². The maximum absolute atomic E-state index is 12.7. The molecule has 0 saturated carbocycles. The Kier molecular flexibility index (Phi) is 6.67. The molecule has 0 aliphatic heterocycles. The monoisotopic (exact) mass is 448 g/mol. The van der Waals surface area contributed by atoms with E-state index in [0.717, 1.165) is 18.2 Å². The number of H-pyrrole nitrogens is 1. The number of nitrogens with one attached hydrogen (secondary N) is 2. The van der Waals surface area contributed by atoms with Gasteiger partial charge in [0.25, 0.3) is 11.5 Å². The van der Waals surface area contributed by atoms with Crippen molar-refractivity contribution < 1.29 is 27.8 Å². The van der Waals surface area contributed by atoms with Crippen LogP contribution >= 0.6 is 11.6 Å². The van der Waals surface area contributed by atoms with E-state index in [0.29, 0.717) is 0 Å². The van der Waals surface area contributed by atoms with Gasteiger partial charge in [0.2, 0.25) is 5.95 Å². The summed E-state index contributed by atoms with van der Waals surface area (Å²) in [7, 11) is 3.23. The van der Waals surface area contributed by atoms with Crippen LogP contribution < -0.4 is 20.5 Å². The molecule has 0 radical (unpaired) electrons. The number of carbonyl (C=O) groups is 1.